The first-order valence-electron chi connectivity index (χ1n) is 6.24. The first-order valence-corrected chi connectivity index (χ1v) is 8.90. The fraction of sp³-hybridized carbons (Fsp3) is 0.0714. The van der Waals surface area contributed by atoms with Gasteiger partial charge in [0.1, 0.15) is 10.7 Å². The number of carboxylic acid groups (broad SMARTS) is 1. The van der Waals surface area contributed by atoms with E-state index in [1.165, 1.54) is 13.2 Å². The Labute approximate surface area is 150 Å². The molecule has 2 aromatic carbocycles. The number of methoxy groups -OCH3 is 1. The van der Waals surface area contributed by atoms with Crippen molar-refractivity contribution in [2.75, 3.05) is 11.8 Å². The summed E-state index contributed by atoms with van der Waals surface area (Å²) in [4.78, 5) is 10.9. The Morgan fingerprint density at radius 1 is 1.33 bits per heavy atom. The van der Waals surface area contributed by atoms with Gasteiger partial charge in [0.25, 0.3) is 10.0 Å². The van der Waals surface area contributed by atoms with Crippen molar-refractivity contribution in [3.63, 3.8) is 0 Å². The lowest BCUT2D eigenvalue weighted by molar-refractivity contribution is 0.0697. The molecule has 128 valence electrons. The van der Waals surface area contributed by atoms with E-state index in [2.05, 4.69) is 20.7 Å². The smallest absolute Gasteiger partial charge is 0.337 e. The fourth-order valence-electron chi connectivity index (χ4n) is 1.92. The first kappa shape index (κ1) is 18.5. The van der Waals surface area contributed by atoms with Gasteiger partial charge in [-0.1, -0.05) is 11.6 Å². The van der Waals surface area contributed by atoms with E-state index in [4.69, 9.17) is 21.4 Å². The number of anilines is 1. The second-order valence-corrected chi connectivity index (χ2v) is 7.46. The molecular formula is C14H10BrClFNO5S. The molecule has 2 rings (SSSR count). The summed E-state index contributed by atoms with van der Waals surface area (Å²) in [7, 11) is -2.97. The van der Waals surface area contributed by atoms with Gasteiger partial charge in [-0.2, -0.15) is 0 Å². The molecule has 10 heteroatoms. The van der Waals surface area contributed by atoms with E-state index in [0.717, 1.165) is 18.2 Å². The fourth-order valence-corrected chi connectivity index (χ4v) is 4.38. The molecule has 0 aliphatic rings. The number of carbonyl (C=O) groups is 1. The molecule has 0 aliphatic heterocycles. The number of hydrogen-bond donors (Lipinski definition) is 2. The lowest BCUT2D eigenvalue weighted by Crippen LogP contribution is -2.17. The maximum Gasteiger partial charge on any atom is 0.337 e. The van der Waals surface area contributed by atoms with Crippen molar-refractivity contribution in [2.24, 2.45) is 0 Å². The maximum absolute atomic E-state index is 13.2. The second kappa shape index (κ2) is 6.96. The molecule has 0 fully saturated rings. The van der Waals surface area contributed by atoms with Crippen LogP contribution < -0.4 is 9.46 Å². The monoisotopic (exact) mass is 437 g/mol. The van der Waals surface area contributed by atoms with Gasteiger partial charge in [-0.05, 0) is 46.3 Å². The summed E-state index contributed by atoms with van der Waals surface area (Å²) in [6.45, 7) is 0. The van der Waals surface area contributed by atoms with Crippen LogP contribution in [0.1, 0.15) is 10.4 Å². The molecule has 0 heterocycles. The van der Waals surface area contributed by atoms with E-state index in [9.17, 15) is 17.6 Å². The Morgan fingerprint density at radius 2 is 2.00 bits per heavy atom. The van der Waals surface area contributed by atoms with Gasteiger partial charge in [0.2, 0.25) is 0 Å². The molecule has 0 bridgehead atoms. The van der Waals surface area contributed by atoms with E-state index < -0.39 is 27.4 Å². The van der Waals surface area contributed by atoms with Gasteiger partial charge in [0, 0.05) is 5.02 Å². The minimum atomic E-state index is -4.25. The Bertz CT molecular complexity index is 920. The molecule has 0 atom stereocenters. The zero-order chi connectivity index (χ0) is 18.1. The molecule has 0 unspecified atom stereocenters. The van der Waals surface area contributed by atoms with Crippen molar-refractivity contribution in [1.29, 1.82) is 0 Å². The van der Waals surface area contributed by atoms with Crippen LogP contribution in [0.3, 0.4) is 0 Å². The van der Waals surface area contributed by atoms with Crippen molar-refractivity contribution >= 4 is 49.2 Å². The lowest BCUT2D eigenvalue weighted by Gasteiger charge is -2.14. The number of sulfonamides is 1. The highest BCUT2D eigenvalue weighted by Crippen LogP contribution is 2.36. The number of hydrogen-bond acceptors (Lipinski definition) is 4. The zero-order valence-electron chi connectivity index (χ0n) is 12.0. The van der Waals surface area contributed by atoms with Crippen LogP contribution in [0.5, 0.6) is 5.75 Å². The number of ether oxygens (including phenoxy) is 1. The Hall–Kier alpha value is -1.84. The van der Waals surface area contributed by atoms with Gasteiger partial charge in [-0.3, -0.25) is 4.72 Å². The van der Waals surface area contributed by atoms with Gasteiger partial charge in [0.05, 0.1) is 22.8 Å². The number of carboxylic acids is 1. The standard InChI is InChI=1S/C14H10BrClFNO5S/c1-23-13-10(15)4-7(16)5-12(13)24(21,22)18-11-3-2-8(17)6-9(11)14(19)20/h2-6,18H,1H3,(H,19,20). The number of benzene rings is 2. The molecule has 2 N–H and O–H groups in total. The van der Waals surface area contributed by atoms with Gasteiger partial charge < -0.3 is 9.84 Å². The van der Waals surface area contributed by atoms with Crippen molar-refractivity contribution in [3.05, 3.63) is 51.2 Å². The van der Waals surface area contributed by atoms with Gasteiger partial charge in [-0.15, -0.1) is 0 Å². The van der Waals surface area contributed by atoms with Gasteiger partial charge in [0.15, 0.2) is 5.75 Å². The van der Waals surface area contributed by atoms with Crippen molar-refractivity contribution in [2.45, 2.75) is 4.90 Å². The van der Waals surface area contributed by atoms with Crippen molar-refractivity contribution in [3.8, 4) is 5.75 Å². The summed E-state index contributed by atoms with van der Waals surface area (Å²) in [5.41, 5.74) is -0.819. The van der Waals surface area contributed by atoms with E-state index in [1.807, 2.05) is 0 Å². The summed E-state index contributed by atoms with van der Waals surface area (Å²) in [6.07, 6.45) is 0. The van der Waals surface area contributed by atoms with Crippen LogP contribution in [0, 0.1) is 5.82 Å². The summed E-state index contributed by atoms with van der Waals surface area (Å²) in [5.74, 6) is -2.30. The molecule has 6 nitrogen and oxygen atoms in total. The highest BCUT2D eigenvalue weighted by Gasteiger charge is 2.24. The van der Waals surface area contributed by atoms with Gasteiger partial charge in [-0.25, -0.2) is 17.6 Å². The van der Waals surface area contributed by atoms with Crippen LogP contribution in [0.2, 0.25) is 5.02 Å². The van der Waals surface area contributed by atoms with E-state index in [-0.39, 0.29) is 21.4 Å². The molecule has 0 radical (unpaired) electrons. The van der Waals surface area contributed by atoms with Crippen LogP contribution in [0.25, 0.3) is 0 Å². The Balaban J connectivity index is 2.57. The zero-order valence-corrected chi connectivity index (χ0v) is 15.2. The van der Waals surface area contributed by atoms with Crippen LogP contribution in [0.15, 0.2) is 39.7 Å². The number of halogens is 3. The number of nitrogens with one attached hydrogen (secondary N) is 1. The molecule has 0 saturated heterocycles. The summed E-state index contributed by atoms with van der Waals surface area (Å²) < 4.78 is 45.8. The van der Waals surface area contributed by atoms with Crippen LogP contribution in [-0.4, -0.2) is 26.6 Å². The molecule has 0 saturated carbocycles. The molecular weight excluding hydrogens is 429 g/mol. The third-order valence-electron chi connectivity index (χ3n) is 2.92. The average molecular weight is 439 g/mol. The SMILES string of the molecule is COc1c(Br)cc(Cl)cc1S(=O)(=O)Nc1ccc(F)cc1C(=O)O. The Kier molecular flexibility index (Phi) is 5.36. The maximum atomic E-state index is 13.2. The average Bonchev–Trinajstić information content (AvgIpc) is 2.48. The normalized spacial score (nSPS) is 11.2. The molecule has 0 amide bonds. The predicted molar refractivity (Wildman–Crippen MR) is 89.9 cm³/mol. The summed E-state index contributed by atoms with van der Waals surface area (Å²) in [6, 6.07) is 5.26. The minimum absolute atomic E-state index is 0.00844. The first-order chi connectivity index (χ1) is 11.2. The quantitative estimate of drug-likeness (QED) is 0.742. The largest absolute Gasteiger partial charge is 0.494 e. The number of rotatable bonds is 5. The van der Waals surface area contributed by atoms with Crippen molar-refractivity contribution < 1.29 is 27.4 Å². The van der Waals surface area contributed by atoms with E-state index in [0.29, 0.717) is 10.5 Å². The van der Waals surface area contributed by atoms with Crippen molar-refractivity contribution in [1.82, 2.24) is 0 Å². The Morgan fingerprint density at radius 3 is 2.58 bits per heavy atom. The molecule has 24 heavy (non-hydrogen) atoms. The third-order valence-corrected chi connectivity index (χ3v) is 5.10. The molecule has 0 spiro atoms. The molecule has 2 aromatic rings. The molecule has 0 aromatic heterocycles. The highest BCUT2D eigenvalue weighted by atomic mass is 79.9. The van der Waals surface area contributed by atoms with E-state index in [1.54, 1.807) is 0 Å². The third kappa shape index (κ3) is 3.80. The van der Waals surface area contributed by atoms with Gasteiger partial charge >= 0.3 is 5.97 Å². The predicted octanol–water partition coefficient (Wildman–Crippen LogP) is 3.75. The van der Waals surface area contributed by atoms with Crippen LogP contribution >= 0.6 is 27.5 Å². The summed E-state index contributed by atoms with van der Waals surface area (Å²) in [5, 5.41) is 9.22. The second-order valence-electron chi connectivity index (χ2n) is 4.52. The number of aromatic carboxylic acids is 1. The summed E-state index contributed by atoms with van der Waals surface area (Å²) >= 11 is 9.01. The molecule has 0 aliphatic carbocycles. The van der Waals surface area contributed by atoms with E-state index >= 15 is 0 Å². The highest BCUT2D eigenvalue weighted by molar-refractivity contribution is 9.10. The van der Waals surface area contributed by atoms with Crippen LogP contribution in [-0.2, 0) is 10.0 Å². The van der Waals surface area contributed by atoms with Crippen LogP contribution in [0.4, 0.5) is 10.1 Å². The topological polar surface area (TPSA) is 92.7 Å². The minimum Gasteiger partial charge on any atom is -0.494 e. The lowest BCUT2D eigenvalue weighted by atomic mass is 10.2.